The molecule has 0 atom stereocenters. The van der Waals surface area contributed by atoms with Crippen LogP contribution in [0.25, 0.3) is 11.1 Å². The Labute approximate surface area is 215 Å². The molecule has 3 aromatic rings. The molecule has 0 amide bonds. The molecule has 0 N–H and O–H groups in total. The van der Waals surface area contributed by atoms with Crippen LogP contribution in [-0.4, -0.2) is 0 Å². The minimum absolute atomic E-state index is 0.139. The van der Waals surface area contributed by atoms with Gasteiger partial charge < -0.3 is 0 Å². The predicted octanol–water partition coefficient (Wildman–Crippen LogP) is 9.97. The lowest BCUT2D eigenvalue weighted by molar-refractivity contribution is 0.302. The second kappa shape index (κ2) is 12.6. The third-order valence-electron chi connectivity index (χ3n) is 8.00. The molecule has 0 aromatic heterocycles. The van der Waals surface area contributed by atoms with E-state index < -0.39 is 11.6 Å². The van der Waals surface area contributed by atoms with Gasteiger partial charge in [-0.1, -0.05) is 81.6 Å². The first kappa shape index (κ1) is 26.5. The molecule has 1 saturated carbocycles. The fourth-order valence-electron chi connectivity index (χ4n) is 5.72. The molecule has 1 aliphatic carbocycles. The van der Waals surface area contributed by atoms with E-state index in [1.165, 1.54) is 12.8 Å². The minimum Gasteiger partial charge on any atom is -0.207 e. The van der Waals surface area contributed by atoms with Crippen molar-refractivity contribution in [3.05, 3.63) is 94.3 Å². The summed E-state index contributed by atoms with van der Waals surface area (Å²) in [6.45, 7) is 4.32. The highest BCUT2D eigenvalue weighted by Gasteiger charge is 2.26. The Bertz CT molecular complexity index is 1120. The standard InChI is InChI=1S/C33H39F3/c1-3-5-7-27-18-19-29(22-31(27)34)25-13-8-24(9-14-25)12-17-28-20-21-30(33(36)32(28)35)26-15-10-23(6-4-2)11-16-26/h8-9,13-14,18-23,26H,3-7,10-12,15-17H2,1-2H3. The van der Waals surface area contributed by atoms with E-state index in [-0.39, 0.29) is 11.7 Å². The van der Waals surface area contributed by atoms with Crippen LogP contribution in [0, 0.1) is 23.4 Å². The summed E-state index contributed by atoms with van der Waals surface area (Å²) >= 11 is 0. The zero-order chi connectivity index (χ0) is 25.5. The quantitative estimate of drug-likeness (QED) is 0.264. The second-order valence-corrected chi connectivity index (χ2v) is 10.6. The zero-order valence-electron chi connectivity index (χ0n) is 21.8. The Morgan fingerprint density at radius 3 is 2.03 bits per heavy atom. The van der Waals surface area contributed by atoms with Gasteiger partial charge in [-0.3, -0.25) is 0 Å². The van der Waals surface area contributed by atoms with Crippen LogP contribution in [0.2, 0.25) is 0 Å². The van der Waals surface area contributed by atoms with Crippen LogP contribution in [-0.2, 0) is 19.3 Å². The first-order valence-electron chi connectivity index (χ1n) is 13.8. The third kappa shape index (κ3) is 6.41. The highest BCUT2D eigenvalue weighted by atomic mass is 19.2. The number of aryl methyl sites for hydroxylation is 3. The molecular weight excluding hydrogens is 453 g/mol. The van der Waals surface area contributed by atoms with Crippen LogP contribution in [0.1, 0.15) is 93.4 Å². The van der Waals surface area contributed by atoms with Crippen LogP contribution in [0.5, 0.6) is 0 Å². The molecule has 192 valence electrons. The molecule has 0 unspecified atom stereocenters. The van der Waals surface area contributed by atoms with Crippen molar-refractivity contribution in [2.24, 2.45) is 5.92 Å². The Balaban J connectivity index is 1.37. The number of halogens is 3. The lowest BCUT2D eigenvalue weighted by Gasteiger charge is -2.29. The number of unbranched alkanes of at least 4 members (excludes halogenated alkanes) is 1. The summed E-state index contributed by atoms with van der Waals surface area (Å²) in [7, 11) is 0. The predicted molar refractivity (Wildman–Crippen MR) is 144 cm³/mol. The van der Waals surface area contributed by atoms with Crippen molar-refractivity contribution in [2.75, 3.05) is 0 Å². The van der Waals surface area contributed by atoms with Crippen molar-refractivity contribution in [1.82, 2.24) is 0 Å². The topological polar surface area (TPSA) is 0 Å². The van der Waals surface area contributed by atoms with Crippen LogP contribution in [0.15, 0.2) is 54.6 Å². The van der Waals surface area contributed by atoms with E-state index in [0.29, 0.717) is 24.0 Å². The van der Waals surface area contributed by atoms with Gasteiger partial charge in [-0.25, -0.2) is 13.2 Å². The number of benzene rings is 3. The molecular formula is C33H39F3. The first-order chi connectivity index (χ1) is 17.5. The number of rotatable bonds is 10. The van der Waals surface area contributed by atoms with Crippen molar-refractivity contribution in [3.63, 3.8) is 0 Å². The summed E-state index contributed by atoms with van der Waals surface area (Å²) in [5.74, 6) is -0.599. The van der Waals surface area contributed by atoms with Gasteiger partial charge in [0.15, 0.2) is 11.6 Å². The fraction of sp³-hybridized carbons (Fsp3) is 0.455. The molecule has 36 heavy (non-hydrogen) atoms. The van der Waals surface area contributed by atoms with Gasteiger partial charge in [0.1, 0.15) is 5.82 Å². The molecule has 0 bridgehead atoms. The number of hydrogen-bond acceptors (Lipinski definition) is 0. The van der Waals surface area contributed by atoms with E-state index in [1.54, 1.807) is 12.1 Å². The largest absolute Gasteiger partial charge is 0.207 e. The molecule has 0 saturated heterocycles. The molecule has 0 aliphatic heterocycles. The maximum atomic E-state index is 15.0. The van der Waals surface area contributed by atoms with Crippen molar-refractivity contribution >= 4 is 0 Å². The summed E-state index contributed by atoms with van der Waals surface area (Å²) in [6, 6.07) is 17.0. The summed E-state index contributed by atoms with van der Waals surface area (Å²) < 4.78 is 44.4. The van der Waals surface area contributed by atoms with Crippen LogP contribution in [0.4, 0.5) is 13.2 Å². The lowest BCUT2D eigenvalue weighted by Crippen LogP contribution is -2.15. The zero-order valence-corrected chi connectivity index (χ0v) is 21.8. The average molecular weight is 493 g/mol. The Hall–Kier alpha value is -2.55. The molecule has 3 heteroatoms. The van der Waals surface area contributed by atoms with Gasteiger partial charge in [0.2, 0.25) is 0 Å². The number of hydrogen-bond donors (Lipinski definition) is 0. The van der Waals surface area contributed by atoms with Gasteiger partial charge in [-0.15, -0.1) is 0 Å². The van der Waals surface area contributed by atoms with E-state index in [0.717, 1.165) is 73.1 Å². The second-order valence-electron chi connectivity index (χ2n) is 10.6. The summed E-state index contributed by atoms with van der Waals surface area (Å²) in [5.41, 5.74) is 4.62. The molecule has 0 radical (unpaired) electrons. The lowest BCUT2D eigenvalue weighted by atomic mass is 9.77. The Morgan fingerprint density at radius 2 is 1.36 bits per heavy atom. The summed E-state index contributed by atoms with van der Waals surface area (Å²) in [4.78, 5) is 0. The Morgan fingerprint density at radius 1 is 0.667 bits per heavy atom. The SMILES string of the molecule is CCCCc1ccc(-c2ccc(CCc3ccc(C4CCC(CCC)CC4)c(F)c3F)cc2)cc1F. The average Bonchev–Trinajstić information content (AvgIpc) is 2.90. The monoisotopic (exact) mass is 492 g/mol. The molecule has 1 aliphatic rings. The summed E-state index contributed by atoms with van der Waals surface area (Å²) in [6.07, 6.45) is 10.5. The highest BCUT2D eigenvalue weighted by Crippen LogP contribution is 2.39. The van der Waals surface area contributed by atoms with Crippen molar-refractivity contribution in [3.8, 4) is 11.1 Å². The smallest absolute Gasteiger partial charge is 0.162 e. The van der Waals surface area contributed by atoms with Gasteiger partial charge in [-0.05, 0) is 103 Å². The van der Waals surface area contributed by atoms with Gasteiger partial charge in [0, 0.05) is 0 Å². The highest BCUT2D eigenvalue weighted by molar-refractivity contribution is 5.64. The normalized spacial score (nSPS) is 17.9. The van der Waals surface area contributed by atoms with Crippen LogP contribution >= 0.6 is 0 Å². The van der Waals surface area contributed by atoms with Gasteiger partial charge in [0.25, 0.3) is 0 Å². The van der Waals surface area contributed by atoms with Crippen molar-refractivity contribution < 1.29 is 13.2 Å². The van der Waals surface area contributed by atoms with Gasteiger partial charge >= 0.3 is 0 Å². The van der Waals surface area contributed by atoms with E-state index in [9.17, 15) is 13.2 Å². The maximum absolute atomic E-state index is 15.0. The van der Waals surface area contributed by atoms with Crippen LogP contribution < -0.4 is 0 Å². The Kier molecular flexibility index (Phi) is 9.29. The van der Waals surface area contributed by atoms with E-state index >= 15 is 0 Å². The third-order valence-corrected chi connectivity index (χ3v) is 8.00. The molecule has 0 heterocycles. The van der Waals surface area contributed by atoms with E-state index in [2.05, 4.69) is 13.8 Å². The fourth-order valence-corrected chi connectivity index (χ4v) is 5.72. The van der Waals surface area contributed by atoms with Crippen molar-refractivity contribution in [2.45, 2.75) is 90.4 Å². The maximum Gasteiger partial charge on any atom is 0.162 e. The summed E-state index contributed by atoms with van der Waals surface area (Å²) in [5, 5.41) is 0. The molecule has 4 rings (SSSR count). The molecule has 0 spiro atoms. The first-order valence-corrected chi connectivity index (χ1v) is 13.8. The minimum atomic E-state index is -0.682. The molecule has 0 nitrogen and oxygen atoms in total. The van der Waals surface area contributed by atoms with E-state index in [4.69, 9.17) is 0 Å². The molecule has 1 fully saturated rings. The van der Waals surface area contributed by atoms with Gasteiger partial charge in [0.05, 0.1) is 0 Å². The molecule has 3 aromatic carbocycles. The van der Waals surface area contributed by atoms with Gasteiger partial charge in [-0.2, -0.15) is 0 Å². The van der Waals surface area contributed by atoms with E-state index in [1.807, 2.05) is 42.5 Å². The van der Waals surface area contributed by atoms with Crippen molar-refractivity contribution in [1.29, 1.82) is 0 Å². The van der Waals surface area contributed by atoms with Crippen LogP contribution in [0.3, 0.4) is 0 Å².